The van der Waals surface area contributed by atoms with Crippen molar-refractivity contribution in [1.29, 1.82) is 0 Å². The quantitative estimate of drug-likeness (QED) is 0.199. The van der Waals surface area contributed by atoms with E-state index in [1.807, 2.05) is 0 Å². The molecule has 0 unspecified atom stereocenters. The highest BCUT2D eigenvalue weighted by molar-refractivity contribution is 7.79. The van der Waals surface area contributed by atoms with Crippen LogP contribution in [0, 0.1) is 0 Å². The topological polar surface area (TPSA) is 141 Å². The molecule has 0 amide bonds. The molecule has 0 aliphatic rings. The minimum absolute atomic E-state index is 0.0833. The van der Waals surface area contributed by atoms with Crippen molar-refractivity contribution >= 4 is 10.4 Å². The molecule has 0 rings (SSSR count). The summed E-state index contributed by atoms with van der Waals surface area (Å²) >= 11 is 0. The molecule has 70 valence electrons. The molecule has 11 heavy (non-hydrogen) atoms. The van der Waals surface area contributed by atoms with Crippen molar-refractivity contribution in [2.24, 2.45) is 5.90 Å². The number of hydrogen-bond donors (Lipinski definition) is 5. The van der Waals surface area contributed by atoms with E-state index in [0.717, 1.165) is 0 Å². The van der Waals surface area contributed by atoms with Gasteiger partial charge in [-0.15, -0.1) is 6.58 Å². The minimum atomic E-state index is -4.67. The highest BCUT2D eigenvalue weighted by atomic mass is 32.3. The van der Waals surface area contributed by atoms with E-state index in [0.29, 0.717) is 0 Å². The van der Waals surface area contributed by atoms with E-state index in [-0.39, 0.29) is 6.61 Å². The number of aliphatic hydroxyl groups is 1. The average Bonchev–Trinajstić information content (AvgIpc) is 1.89. The fourth-order valence-corrected chi connectivity index (χ4v) is 0. The van der Waals surface area contributed by atoms with Crippen LogP contribution < -0.4 is 5.90 Å². The van der Waals surface area contributed by atoms with E-state index >= 15 is 0 Å². The van der Waals surface area contributed by atoms with E-state index in [1.54, 1.807) is 0 Å². The van der Waals surface area contributed by atoms with Crippen LogP contribution in [0.2, 0.25) is 0 Å². The number of aliphatic hydroxyl groups excluding tert-OH is 1. The van der Waals surface area contributed by atoms with Gasteiger partial charge in [-0.3, -0.25) is 9.11 Å². The van der Waals surface area contributed by atoms with Gasteiger partial charge in [-0.1, -0.05) is 6.08 Å². The first-order valence-corrected chi connectivity index (χ1v) is 3.49. The first kappa shape index (κ1) is 16.8. The zero-order valence-corrected chi connectivity index (χ0v) is 6.40. The second-order valence-corrected chi connectivity index (χ2v) is 1.81. The van der Waals surface area contributed by atoms with E-state index < -0.39 is 10.4 Å². The maximum absolute atomic E-state index is 8.74. The Labute approximate surface area is 64.3 Å². The maximum Gasteiger partial charge on any atom is 0.394 e. The Kier molecular flexibility index (Phi) is 18.7. The van der Waals surface area contributed by atoms with Gasteiger partial charge in [-0.25, -0.2) is 5.90 Å². The molecule has 0 aromatic carbocycles. The first-order chi connectivity index (χ1) is 4.91. The molecule has 0 aromatic heterocycles. The standard InChI is InChI=1S/C3H6O.H3NO.H2O4S/c1-2-3-4;1-2;1-5(2,3)4/h2,4H,1,3H2;2H,1H2;(H2,1,2,3,4). The Bertz CT molecular complexity index is 143. The summed E-state index contributed by atoms with van der Waals surface area (Å²) in [4.78, 5) is 0. The lowest BCUT2D eigenvalue weighted by molar-refractivity contribution is 0.311. The van der Waals surface area contributed by atoms with Gasteiger partial charge >= 0.3 is 10.4 Å². The zero-order valence-electron chi connectivity index (χ0n) is 5.58. The van der Waals surface area contributed by atoms with E-state index in [4.69, 9.17) is 27.8 Å². The Morgan fingerprint density at radius 2 is 1.45 bits per heavy atom. The van der Waals surface area contributed by atoms with Crippen molar-refractivity contribution in [3.8, 4) is 0 Å². The van der Waals surface area contributed by atoms with Crippen LogP contribution in [0.3, 0.4) is 0 Å². The molecule has 0 aliphatic heterocycles. The lowest BCUT2D eigenvalue weighted by atomic mass is 10.7. The first-order valence-electron chi connectivity index (χ1n) is 2.09. The number of hydrogen-bond acceptors (Lipinski definition) is 5. The second kappa shape index (κ2) is 12.2. The fraction of sp³-hybridized carbons (Fsp3) is 0.333. The third-order valence-corrected chi connectivity index (χ3v) is 0.129. The molecule has 0 aromatic rings. The van der Waals surface area contributed by atoms with Crippen LogP contribution in [-0.2, 0) is 10.4 Å². The van der Waals surface area contributed by atoms with Gasteiger partial charge in [0.25, 0.3) is 0 Å². The average molecular weight is 189 g/mol. The summed E-state index contributed by atoms with van der Waals surface area (Å²) in [6.45, 7) is 3.31. The summed E-state index contributed by atoms with van der Waals surface area (Å²) in [7, 11) is -4.67. The third-order valence-electron chi connectivity index (χ3n) is 0.129. The van der Waals surface area contributed by atoms with Crippen molar-refractivity contribution in [3.05, 3.63) is 12.7 Å². The van der Waals surface area contributed by atoms with Crippen molar-refractivity contribution < 1.29 is 27.8 Å². The van der Waals surface area contributed by atoms with E-state index in [2.05, 4.69) is 12.5 Å². The molecule has 0 aliphatic carbocycles. The molecule has 0 saturated carbocycles. The molecule has 6 N–H and O–H groups in total. The highest BCUT2D eigenvalue weighted by Crippen LogP contribution is 1.59. The molecular weight excluding hydrogens is 178 g/mol. The molecule has 7 nitrogen and oxygen atoms in total. The van der Waals surface area contributed by atoms with Crippen molar-refractivity contribution in [2.45, 2.75) is 0 Å². The Hall–Kier alpha value is -0.510. The highest BCUT2D eigenvalue weighted by Gasteiger charge is 1.84. The van der Waals surface area contributed by atoms with Crippen molar-refractivity contribution in [1.82, 2.24) is 0 Å². The van der Waals surface area contributed by atoms with Crippen LogP contribution >= 0.6 is 0 Å². The fourth-order valence-electron chi connectivity index (χ4n) is 0. The summed E-state index contributed by atoms with van der Waals surface area (Å²) in [6.07, 6.45) is 1.43. The van der Waals surface area contributed by atoms with Crippen LogP contribution in [0.4, 0.5) is 0 Å². The maximum atomic E-state index is 8.74. The van der Waals surface area contributed by atoms with E-state index in [9.17, 15) is 0 Å². The van der Waals surface area contributed by atoms with Crippen molar-refractivity contribution in [3.63, 3.8) is 0 Å². The van der Waals surface area contributed by atoms with Gasteiger partial charge in [0.2, 0.25) is 0 Å². The molecule has 0 spiro atoms. The third kappa shape index (κ3) is 2220. The predicted molar refractivity (Wildman–Crippen MR) is 37.4 cm³/mol. The summed E-state index contributed by atoms with van der Waals surface area (Å²) < 4.78 is 31.6. The normalized spacial score (nSPS) is 8.09. The van der Waals surface area contributed by atoms with Crippen LogP contribution in [0.5, 0.6) is 0 Å². The van der Waals surface area contributed by atoms with Crippen molar-refractivity contribution in [2.75, 3.05) is 6.61 Å². The van der Waals surface area contributed by atoms with Gasteiger partial charge in [0.05, 0.1) is 6.61 Å². The van der Waals surface area contributed by atoms with Crippen LogP contribution in [-0.4, -0.2) is 34.4 Å². The van der Waals surface area contributed by atoms with Crippen LogP contribution in [0.1, 0.15) is 0 Å². The van der Waals surface area contributed by atoms with Gasteiger partial charge in [-0.2, -0.15) is 8.42 Å². The Balaban J connectivity index is -0.0000000965. The second-order valence-electron chi connectivity index (χ2n) is 0.919. The number of nitrogens with two attached hydrogens (primary N) is 1. The lowest BCUT2D eigenvalue weighted by Crippen LogP contribution is -1.89. The monoisotopic (exact) mass is 189 g/mol. The molecule has 0 heterocycles. The van der Waals surface area contributed by atoms with E-state index in [1.165, 1.54) is 6.08 Å². The van der Waals surface area contributed by atoms with Gasteiger partial charge in [-0.05, 0) is 0 Å². The van der Waals surface area contributed by atoms with Gasteiger partial charge in [0, 0.05) is 0 Å². The van der Waals surface area contributed by atoms with Gasteiger partial charge < -0.3 is 10.3 Å². The lowest BCUT2D eigenvalue weighted by Gasteiger charge is -1.68. The minimum Gasteiger partial charge on any atom is -0.392 e. The zero-order chi connectivity index (χ0) is 9.91. The molecule has 8 heteroatoms. The van der Waals surface area contributed by atoms with Gasteiger partial charge in [0.1, 0.15) is 0 Å². The summed E-state index contributed by atoms with van der Waals surface area (Å²) in [6, 6.07) is 0. The molecule has 0 bridgehead atoms. The largest absolute Gasteiger partial charge is 0.394 e. The number of rotatable bonds is 1. The molecule has 0 radical (unpaired) electrons. The van der Waals surface area contributed by atoms with Crippen LogP contribution in [0.25, 0.3) is 0 Å². The van der Waals surface area contributed by atoms with Gasteiger partial charge in [0.15, 0.2) is 0 Å². The smallest absolute Gasteiger partial charge is 0.392 e. The summed E-state index contributed by atoms with van der Waals surface area (Å²) in [5.74, 6) is 3.50. The molecule has 0 fully saturated rings. The summed E-state index contributed by atoms with van der Waals surface area (Å²) in [5, 5.41) is 14.3. The molecule has 0 saturated heterocycles. The Morgan fingerprint density at radius 1 is 1.36 bits per heavy atom. The SMILES string of the molecule is C=CCO.NO.O=S(=O)(O)O. The molecular formula is C3H11NO6S. The Morgan fingerprint density at radius 3 is 1.45 bits per heavy atom. The summed E-state index contributed by atoms with van der Waals surface area (Å²) in [5.41, 5.74) is 0. The predicted octanol–water partition coefficient (Wildman–Crippen LogP) is -1.15. The van der Waals surface area contributed by atoms with Crippen LogP contribution in [0.15, 0.2) is 12.7 Å². The molecule has 0 atom stereocenters.